The summed E-state index contributed by atoms with van der Waals surface area (Å²) >= 11 is 0. The van der Waals surface area contributed by atoms with E-state index < -0.39 is 92.2 Å². The Bertz CT molecular complexity index is 1930. The molecule has 3 aliphatic heterocycles. The van der Waals surface area contributed by atoms with Crippen LogP contribution in [0.2, 0.25) is 0 Å². The molecule has 0 radical (unpaired) electrons. The summed E-state index contributed by atoms with van der Waals surface area (Å²) < 4.78 is 44.3. The van der Waals surface area contributed by atoms with E-state index in [2.05, 4.69) is 27.3 Å². The molecule has 1 aromatic rings. The van der Waals surface area contributed by atoms with E-state index >= 15 is 0 Å². The van der Waals surface area contributed by atoms with Crippen LogP contribution in [0.5, 0.6) is 0 Å². The third kappa shape index (κ3) is 8.70. The molecule has 2 aliphatic carbocycles. The average Bonchev–Trinajstić information content (AvgIpc) is 4.02. The molecule has 4 N–H and O–H groups in total. The molecule has 2 saturated carbocycles. The summed E-state index contributed by atoms with van der Waals surface area (Å²) in [5.74, 6) is -3.71. The van der Waals surface area contributed by atoms with Crippen molar-refractivity contribution >= 4 is 51.9 Å². The van der Waals surface area contributed by atoms with E-state index in [9.17, 15) is 37.2 Å². The van der Waals surface area contributed by atoms with Gasteiger partial charge in [0, 0.05) is 18.9 Å². The number of fused-ring (bicyclic) bond motifs is 3. The Morgan fingerprint density at radius 3 is 2.55 bits per heavy atom. The van der Waals surface area contributed by atoms with E-state index in [-0.39, 0.29) is 52.3 Å². The van der Waals surface area contributed by atoms with Crippen molar-refractivity contribution in [1.82, 2.24) is 30.5 Å². The van der Waals surface area contributed by atoms with Gasteiger partial charge in [-0.2, -0.15) is 0 Å². The highest BCUT2D eigenvalue weighted by Gasteiger charge is 2.62. The van der Waals surface area contributed by atoms with E-state index in [4.69, 9.17) is 14.2 Å². The van der Waals surface area contributed by atoms with Gasteiger partial charge in [-0.25, -0.2) is 18.0 Å². The summed E-state index contributed by atoms with van der Waals surface area (Å²) in [4.78, 5) is 85.2. The highest BCUT2D eigenvalue weighted by molar-refractivity contribution is 7.91. The number of carbonyl (C=O) groups is 6. The molecule has 17 nitrogen and oxygen atoms in total. The molecule has 56 heavy (non-hydrogen) atoms. The van der Waals surface area contributed by atoms with Crippen LogP contribution in [0.15, 0.2) is 36.9 Å². The fraction of sp³-hybridized carbons (Fsp3) is 0.579. The molecule has 304 valence electrons. The molecule has 0 aromatic heterocycles. The van der Waals surface area contributed by atoms with Crippen LogP contribution >= 0.6 is 0 Å². The van der Waals surface area contributed by atoms with Gasteiger partial charge in [-0.15, -0.1) is 6.58 Å². The molecule has 1 aromatic carbocycles. The monoisotopic (exact) mass is 798 g/mol. The predicted molar refractivity (Wildman–Crippen MR) is 201 cm³/mol. The lowest BCUT2D eigenvalue weighted by atomic mass is 9.85. The van der Waals surface area contributed by atoms with Gasteiger partial charge in [-0.05, 0) is 48.3 Å². The van der Waals surface area contributed by atoms with Crippen LogP contribution < -0.4 is 20.7 Å². The third-order valence-electron chi connectivity index (χ3n) is 10.7. The van der Waals surface area contributed by atoms with E-state index in [1.54, 1.807) is 33.8 Å². The molecule has 6 rings (SSSR count). The van der Waals surface area contributed by atoms with Gasteiger partial charge >= 0.3 is 12.2 Å². The van der Waals surface area contributed by atoms with Crippen LogP contribution in [0.3, 0.4) is 0 Å². The maximum Gasteiger partial charge on any atom is 0.410 e. The Morgan fingerprint density at radius 1 is 1.14 bits per heavy atom. The zero-order chi connectivity index (χ0) is 40.6. The smallest absolute Gasteiger partial charge is 0.410 e. The summed E-state index contributed by atoms with van der Waals surface area (Å²) in [6.07, 6.45) is 3.33. The minimum atomic E-state index is -3.95. The Morgan fingerprint density at radius 2 is 1.89 bits per heavy atom. The number of amides is 6. The van der Waals surface area contributed by atoms with Gasteiger partial charge in [0.15, 0.2) is 0 Å². The van der Waals surface area contributed by atoms with E-state index in [1.165, 1.54) is 15.9 Å². The first-order chi connectivity index (χ1) is 26.5. The number of alkyl carbamates (subject to hydrolysis) is 1. The summed E-state index contributed by atoms with van der Waals surface area (Å²) in [5.41, 5.74) is 0.0759. The molecule has 18 heteroatoms. The van der Waals surface area contributed by atoms with Crippen LogP contribution in [-0.4, -0.2) is 115 Å². The Balaban J connectivity index is 1.32. The van der Waals surface area contributed by atoms with Gasteiger partial charge in [0.2, 0.25) is 27.7 Å². The molecular weight excluding hydrogens is 749 g/mol. The number of ether oxygens (including phenoxy) is 3. The van der Waals surface area contributed by atoms with Crippen molar-refractivity contribution in [3.63, 3.8) is 0 Å². The number of rotatable bonds is 8. The molecule has 4 bridgehead atoms. The fourth-order valence-electron chi connectivity index (χ4n) is 7.33. The molecule has 3 fully saturated rings. The number of carbonyl (C=O) groups excluding carboxylic acids is 6. The molecule has 0 unspecified atom stereocenters. The molecule has 6 atom stereocenters. The summed E-state index contributed by atoms with van der Waals surface area (Å²) in [6.45, 7) is 10.6. The number of nitrogens with zero attached hydrogens (tertiary/aromatic N) is 2. The number of sulfonamides is 1. The van der Waals surface area contributed by atoms with Crippen LogP contribution in [0, 0.1) is 11.3 Å². The zero-order valence-corrected chi connectivity index (χ0v) is 32.8. The van der Waals surface area contributed by atoms with Crippen LogP contribution in [-0.2, 0) is 56.5 Å². The second-order valence-corrected chi connectivity index (χ2v) is 17.9. The van der Waals surface area contributed by atoms with Gasteiger partial charge in [-0.3, -0.25) is 28.8 Å². The van der Waals surface area contributed by atoms with Crippen LogP contribution in [0.4, 0.5) is 9.59 Å². The maximum atomic E-state index is 14.7. The highest BCUT2D eigenvalue weighted by atomic mass is 32.2. The van der Waals surface area contributed by atoms with Gasteiger partial charge < -0.3 is 35.1 Å². The maximum absolute atomic E-state index is 14.7. The second-order valence-electron chi connectivity index (χ2n) is 15.9. The first-order valence-electron chi connectivity index (χ1n) is 18.8. The SMILES string of the molecule is C=C[C@@H]1C[C@]1(NC(=O)[C@@H]1C[C@@H]2CN1C(=O)[C@H](C(C)(C)C)NC(=O)[C@@H](NC(=O)OCC)COC/C=C\c1cccc3c1CN(C3)C(=O)O2)C(=O)NS(=O)(=O)C1CC1. The molecular formula is C38H50N6O11S. The lowest BCUT2D eigenvalue weighted by Gasteiger charge is -2.36. The van der Waals surface area contributed by atoms with Crippen molar-refractivity contribution in [3.8, 4) is 0 Å². The van der Waals surface area contributed by atoms with Gasteiger partial charge in [0.1, 0.15) is 29.8 Å². The Labute approximate surface area is 325 Å². The first kappa shape index (κ1) is 40.7. The number of hydrogen-bond acceptors (Lipinski definition) is 11. The molecule has 6 amide bonds. The lowest BCUT2D eigenvalue weighted by Crippen LogP contribution is -2.62. The zero-order valence-electron chi connectivity index (χ0n) is 32.0. The number of benzene rings is 1. The Kier molecular flexibility index (Phi) is 11.5. The topological polar surface area (TPSA) is 219 Å². The van der Waals surface area contributed by atoms with Crippen molar-refractivity contribution in [2.24, 2.45) is 11.3 Å². The van der Waals surface area contributed by atoms with Crippen molar-refractivity contribution in [2.75, 3.05) is 26.4 Å². The summed E-state index contributed by atoms with van der Waals surface area (Å²) in [6, 6.07) is 1.82. The Hall–Kier alpha value is -4.97. The largest absolute Gasteiger partial charge is 0.450 e. The van der Waals surface area contributed by atoms with E-state index in [0.717, 1.165) is 16.7 Å². The van der Waals surface area contributed by atoms with Crippen molar-refractivity contribution in [3.05, 3.63) is 53.6 Å². The molecule has 0 spiro atoms. The van der Waals surface area contributed by atoms with Crippen molar-refractivity contribution < 1.29 is 51.4 Å². The van der Waals surface area contributed by atoms with Crippen molar-refractivity contribution in [2.45, 2.75) is 101 Å². The lowest BCUT2D eigenvalue weighted by molar-refractivity contribution is -0.145. The standard InChI is InChI=1S/C38H50N6O11S/c1-6-24-17-38(24,34(48)42-56(51,52)26-13-14-26)41-32(46)29-16-25-19-44(29)33(47)30(37(3,4)5)40-31(45)28(39-35(49)54-7-2)21-53-15-9-12-22-10-8-11-23-18-43(20-27(22)23)36(50)55-25/h6,8-12,24-26,28-30H,1,7,13-21H2,2-5H3,(H,39,49)(H,40,45)(H,41,46)(H,42,48)/b12-9-/t24-,25-,28+,29+,30-,38-/m1/s1. The highest BCUT2D eigenvalue weighted by Crippen LogP contribution is 2.45. The second kappa shape index (κ2) is 15.9. The minimum Gasteiger partial charge on any atom is -0.450 e. The molecule has 1 saturated heterocycles. The fourth-order valence-corrected chi connectivity index (χ4v) is 8.69. The summed E-state index contributed by atoms with van der Waals surface area (Å²) in [5, 5.41) is 7.28. The van der Waals surface area contributed by atoms with Crippen LogP contribution in [0.1, 0.15) is 70.1 Å². The predicted octanol–water partition coefficient (Wildman–Crippen LogP) is 1.47. The first-order valence-corrected chi connectivity index (χ1v) is 20.4. The quantitative estimate of drug-likeness (QED) is 0.276. The van der Waals surface area contributed by atoms with Gasteiger partial charge in [-0.1, -0.05) is 57.2 Å². The van der Waals surface area contributed by atoms with Crippen LogP contribution in [0.25, 0.3) is 6.08 Å². The van der Waals surface area contributed by atoms with E-state index in [0.29, 0.717) is 12.8 Å². The minimum absolute atomic E-state index is 0.0443. The van der Waals surface area contributed by atoms with Crippen molar-refractivity contribution in [1.29, 1.82) is 0 Å². The normalized spacial score (nSPS) is 28.8. The molecule has 5 aliphatic rings. The number of hydrogen-bond donors (Lipinski definition) is 4. The van der Waals surface area contributed by atoms with E-state index in [1.807, 2.05) is 24.3 Å². The summed E-state index contributed by atoms with van der Waals surface area (Å²) in [7, 11) is -3.95. The average molecular weight is 799 g/mol. The van der Waals surface area contributed by atoms with Gasteiger partial charge in [0.25, 0.3) is 5.91 Å². The van der Waals surface area contributed by atoms with Gasteiger partial charge in [0.05, 0.1) is 38.2 Å². The third-order valence-corrected chi connectivity index (χ3v) is 12.5. The number of nitrogens with one attached hydrogen (secondary N) is 4. The molecule has 3 heterocycles.